The molecule has 0 spiro atoms. The summed E-state index contributed by atoms with van der Waals surface area (Å²) >= 11 is 0. The second kappa shape index (κ2) is 4.79. The minimum atomic E-state index is -0.931. The second-order valence-electron chi connectivity index (χ2n) is 6.34. The number of hydrogen-bond donors (Lipinski definition) is 3. The van der Waals surface area contributed by atoms with E-state index in [1.807, 2.05) is 20.8 Å². The summed E-state index contributed by atoms with van der Waals surface area (Å²) in [5.41, 5.74) is 4.24. The van der Waals surface area contributed by atoms with Gasteiger partial charge in [0.2, 0.25) is 5.91 Å². The number of rotatable bonds is 5. The van der Waals surface area contributed by atoms with E-state index < -0.39 is 16.5 Å². The smallest absolute Gasteiger partial charge is 0.241 e. The zero-order chi connectivity index (χ0) is 14.2. The van der Waals surface area contributed by atoms with Crippen LogP contribution < -0.4 is 11.1 Å². The van der Waals surface area contributed by atoms with Crippen molar-refractivity contribution in [3.05, 3.63) is 0 Å². The van der Waals surface area contributed by atoms with E-state index >= 15 is 0 Å². The van der Waals surface area contributed by atoms with Gasteiger partial charge in [-0.15, -0.1) is 0 Å². The number of hydrogen-bond acceptors (Lipinski definition) is 4. The number of nitrogens with two attached hydrogens (primary N) is 1. The van der Waals surface area contributed by atoms with E-state index in [9.17, 15) is 9.90 Å². The molecule has 1 amide bonds. The summed E-state index contributed by atoms with van der Waals surface area (Å²) in [4.78, 5) is 12.3. The monoisotopic (exact) mass is 258 g/mol. The van der Waals surface area contributed by atoms with Crippen molar-refractivity contribution in [2.45, 2.75) is 58.2 Å². The van der Waals surface area contributed by atoms with Crippen molar-refractivity contribution in [2.75, 3.05) is 13.2 Å². The third-order valence-electron chi connectivity index (χ3n) is 4.08. The number of aliphatic hydroxyl groups is 1. The van der Waals surface area contributed by atoms with Crippen molar-refractivity contribution >= 4 is 5.91 Å². The lowest BCUT2D eigenvalue weighted by atomic mass is 9.54. The Balaban J connectivity index is 2.75. The lowest BCUT2D eigenvalue weighted by molar-refractivity contribution is -0.172. The van der Waals surface area contributed by atoms with E-state index in [0.29, 0.717) is 13.0 Å². The summed E-state index contributed by atoms with van der Waals surface area (Å²) in [5.74, 6) is -0.220. The van der Waals surface area contributed by atoms with Gasteiger partial charge in [-0.25, -0.2) is 0 Å². The zero-order valence-corrected chi connectivity index (χ0v) is 12.0. The predicted molar refractivity (Wildman–Crippen MR) is 70.0 cm³/mol. The van der Waals surface area contributed by atoms with E-state index in [1.165, 1.54) is 0 Å². The topological polar surface area (TPSA) is 84.6 Å². The summed E-state index contributed by atoms with van der Waals surface area (Å²) in [6.45, 7) is 9.85. The van der Waals surface area contributed by atoms with Gasteiger partial charge in [-0.1, -0.05) is 13.8 Å². The molecule has 2 unspecified atom stereocenters. The maximum atomic E-state index is 12.3. The van der Waals surface area contributed by atoms with Gasteiger partial charge in [0.1, 0.15) is 5.54 Å². The Morgan fingerprint density at radius 1 is 1.56 bits per heavy atom. The largest absolute Gasteiger partial charge is 0.394 e. The van der Waals surface area contributed by atoms with Gasteiger partial charge in [-0.2, -0.15) is 0 Å². The summed E-state index contributed by atoms with van der Waals surface area (Å²) in [7, 11) is 0. The van der Waals surface area contributed by atoms with Crippen LogP contribution in [-0.4, -0.2) is 41.4 Å². The predicted octanol–water partition coefficient (Wildman–Crippen LogP) is 0.406. The number of carbonyl (C=O) groups is 1. The van der Waals surface area contributed by atoms with E-state index in [4.69, 9.17) is 10.5 Å². The van der Waals surface area contributed by atoms with Crippen LogP contribution in [0.15, 0.2) is 0 Å². The maximum Gasteiger partial charge on any atom is 0.241 e. The first-order valence-corrected chi connectivity index (χ1v) is 6.44. The molecule has 0 bridgehead atoms. The maximum absolute atomic E-state index is 12.3. The van der Waals surface area contributed by atoms with Crippen LogP contribution in [-0.2, 0) is 9.53 Å². The minimum Gasteiger partial charge on any atom is -0.394 e. The molecule has 0 aromatic rings. The van der Waals surface area contributed by atoms with Crippen molar-refractivity contribution in [1.82, 2.24) is 5.32 Å². The molecule has 1 fully saturated rings. The Kier molecular flexibility index (Phi) is 4.10. The first kappa shape index (κ1) is 15.4. The van der Waals surface area contributed by atoms with Crippen molar-refractivity contribution in [2.24, 2.45) is 11.1 Å². The first-order valence-electron chi connectivity index (χ1n) is 6.44. The standard InChI is InChI=1S/C13H26N2O3/c1-6-18-9-7-13(14,12(9,4)5)10(17)15-11(2,3)8-16/h9,16H,6-8,14H2,1-5H3,(H,15,17). The molecule has 4 N–H and O–H groups in total. The third kappa shape index (κ3) is 2.39. The Bertz CT molecular complexity index is 328. The van der Waals surface area contributed by atoms with Crippen LogP contribution in [0.3, 0.4) is 0 Å². The molecule has 0 aromatic heterocycles. The Morgan fingerprint density at radius 2 is 2.11 bits per heavy atom. The summed E-state index contributed by atoms with van der Waals surface area (Å²) < 4.78 is 5.59. The van der Waals surface area contributed by atoms with Gasteiger partial charge in [-0.3, -0.25) is 4.79 Å². The molecule has 2 atom stereocenters. The van der Waals surface area contributed by atoms with Gasteiger partial charge >= 0.3 is 0 Å². The van der Waals surface area contributed by atoms with E-state index in [0.717, 1.165) is 0 Å². The molecule has 1 rings (SSSR count). The van der Waals surface area contributed by atoms with Gasteiger partial charge in [0, 0.05) is 18.4 Å². The van der Waals surface area contributed by atoms with Gasteiger partial charge in [0.25, 0.3) is 0 Å². The Morgan fingerprint density at radius 3 is 2.50 bits per heavy atom. The van der Waals surface area contributed by atoms with Crippen molar-refractivity contribution < 1.29 is 14.6 Å². The number of nitrogens with one attached hydrogen (secondary N) is 1. The van der Waals surface area contributed by atoms with Crippen LogP contribution in [0.2, 0.25) is 0 Å². The normalized spacial score (nSPS) is 30.7. The molecule has 0 aromatic carbocycles. The first-order chi connectivity index (χ1) is 8.10. The second-order valence-corrected chi connectivity index (χ2v) is 6.34. The lowest BCUT2D eigenvalue weighted by Crippen LogP contribution is -2.77. The van der Waals surface area contributed by atoms with Gasteiger partial charge in [-0.05, 0) is 20.8 Å². The zero-order valence-electron chi connectivity index (χ0n) is 12.0. The minimum absolute atomic E-state index is 0.00971. The number of aliphatic hydroxyl groups excluding tert-OH is 1. The average molecular weight is 258 g/mol. The summed E-state index contributed by atoms with van der Waals surface area (Å²) in [5, 5.41) is 12.0. The van der Waals surface area contributed by atoms with Crippen LogP contribution in [0, 0.1) is 5.41 Å². The van der Waals surface area contributed by atoms with Crippen LogP contribution in [0.1, 0.15) is 41.0 Å². The van der Waals surface area contributed by atoms with Gasteiger partial charge in [0.15, 0.2) is 0 Å². The molecular weight excluding hydrogens is 232 g/mol. The molecule has 1 aliphatic carbocycles. The third-order valence-corrected chi connectivity index (χ3v) is 4.08. The van der Waals surface area contributed by atoms with Crippen LogP contribution in [0.25, 0.3) is 0 Å². The van der Waals surface area contributed by atoms with Crippen molar-refractivity contribution in [1.29, 1.82) is 0 Å². The number of ether oxygens (including phenoxy) is 1. The molecule has 0 saturated heterocycles. The molecule has 106 valence electrons. The molecule has 18 heavy (non-hydrogen) atoms. The van der Waals surface area contributed by atoms with Crippen molar-refractivity contribution in [3.8, 4) is 0 Å². The molecule has 1 saturated carbocycles. The molecule has 0 radical (unpaired) electrons. The average Bonchev–Trinajstić information content (AvgIpc) is 2.27. The summed E-state index contributed by atoms with van der Waals surface area (Å²) in [6, 6.07) is 0. The fraction of sp³-hybridized carbons (Fsp3) is 0.923. The number of carbonyl (C=O) groups excluding carboxylic acids is 1. The quantitative estimate of drug-likeness (QED) is 0.666. The SMILES string of the molecule is CCOC1CC(N)(C(=O)NC(C)(C)CO)C1(C)C. The molecule has 5 heteroatoms. The van der Waals surface area contributed by atoms with Gasteiger partial charge in [0.05, 0.1) is 18.2 Å². The van der Waals surface area contributed by atoms with Crippen LogP contribution >= 0.6 is 0 Å². The molecule has 0 heterocycles. The summed E-state index contributed by atoms with van der Waals surface area (Å²) in [6.07, 6.45) is 0.525. The Hall–Kier alpha value is -0.650. The van der Waals surface area contributed by atoms with E-state index in [1.54, 1.807) is 13.8 Å². The molecule has 1 aliphatic rings. The highest BCUT2D eigenvalue weighted by atomic mass is 16.5. The highest BCUT2D eigenvalue weighted by Gasteiger charge is 2.63. The fourth-order valence-electron chi connectivity index (χ4n) is 2.28. The highest BCUT2D eigenvalue weighted by molar-refractivity contribution is 5.89. The van der Waals surface area contributed by atoms with Crippen molar-refractivity contribution in [3.63, 3.8) is 0 Å². The fourth-order valence-corrected chi connectivity index (χ4v) is 2.28. The molecule has 0 aliphatic heterocycles. The molecular formula is C13H26N2O3. The van der Waals surface area contributed by atoms with E-state index in [-0.39, 0.29) is 18.6 Å². The van der Waals surface area contributed by atoms with Gasteiger partial charge < -0.3 is 20.9 Å². The van der Waals surface area contributed by atoms with Crippen LogP contribution in [0.5, 0.6) is 0 Å². The highest BCUT2D eigenvalue weighted by Crippen LogP contribution is 2.49. The molecule has 5 nitrogen and oxygen atoms in total. The number of amides is 1. The Labute approximate surface area is 109 Å². The van der Waals surface area contributed by atoms with Crippen LogP contribution in [0.4, 0.5) is 0 Å². The van der Waals surface area contributed by atoms with E-state index in [2.05, 4.69) is 5.32 Å². The lowest BCUT2D eigenvalue weighted by Gasteiger charge is -2.58.